The fraction of sp³-hybridized carbons (Fsp3) is 0.143. The second-order valence-electron chi connectivity index (χ2n) is 4.30. The van der Waals surface area contributed by atoms with Crippen molar-refractivity contribution in [2.45, 2.75) is 12.6 Å². The molecule has 0 spiro atoms. The van der Waals surface area contributed by atoms with E-state index in [1.54, 1.807) is 0 Å². The molecule has 1 heterocycles. The first-order chi connectivity index (χ1) is 9.77. The lowest BCUT2D eigenvalue weighted by Gasteiger charge is -2.11. The van der Waals surface area contributed by atoms with Gasteiger partial charge in [-0.25, -0.2) is 4.39 Å². The molecular formula is C14H9F4NO2. The largest absolute Gasteiger partial charge is 0.481 e. The van der Waals surface area contributed by atoms with Crippen molar-refractivity contribution in [3.8, 4) is 11.1 Å². The predicted octanol–water partition coefficient (Wildman–Crippen LogP) is 3.53. The van der Waals surface area contributed by atoms with Crippen LogP contribution in [0, 0.1) is 5.82 Å². The highest BCUT2D eigenvalue weighted by Gasteiger charge is 2.30. The van der Waals surface area contributed by atoms with E-state index < -0.39 is 29.9 Å². The Hall–Kier alpha value is -2.44. The van der Waals surface area contributed by atoms with E-state index >= 15 is 0 Å². The lowest BCUT2D eigenvalue weighted by molar-refractivity contribution is -0.138. The minimum atomic E-state index is -4.54. The molecule has 0 unspecified atom stereocenters. The number of pyridine rings is 1. The van der Waals surface area contributed by atoms with Gasteiger partial charge in [0.15, 0.2) is 0 Å². The molecule has 2 rings (SSSR count). The maximum atomic E-state index is 13.3. The number of nitrogens with zero attached hydrogens (tertiary/aromatic N) is 1. The molecule has 0 saturated carbocycles. The molecular weight excluding hydrogens is 290 g/mol. The van der Waals surface area contributed by atoms with Gasteiger partial charge in [-0.3, -0.25) is 9.78 Å². The van der Waals surface area contributed by atoms with E-state index in [1.807, 2.05) is 0 Å². The van der Waals surface area contributed by atoms with Crippen molar-refractivity contribution in [3.05, 3.63) is 53.6 Å². The first kappa shape index (κ1) is 15.0. The molecule has 0 aliphatic rings. The first-order valence-corrected chi connectivity index (χ1v) is 5.81. The molecule has 0 fully saturated rings. The fourth-order valence-electron chi connectivity index (χ4n) is 1.86. The number of carboxylic acids is 1. The molecule has 0 saturated heterocycles. The molecule has 0 bridgehead atoms. The van der Waals surface area contributed by atoms with Gasteiger partial charge in [0.2, 0.25) is 0 Å². The summed E-state index contributed by atoms with van der Waals surface area (Å²) < 4.78 is 51.3. The van der Waals surface area contributed by atoms with Gasteiger partial charge in [-0.1, -0.05) is 12.1 Å². The van der Waals surface area contributed by atoms with Crippen LogP contribution in [0.25, 0.3) is 11.1 Å². The highest BCUT2D eigenvalue weighted by Crippen LogP contribution is 2.33. The van der Waals surface area contributed by atoms with E-state index in [0.717, 1.165) is 24.4 Å². The van der Waals surface area contributed by atoms with Gasteiger partial charge in [0, 0.05) is 5.56 Å². The number of carboxylic acid groups (broad SMARTS) is 1. The Labute approximate surface area is 116 Å². The smallest absolute Gasteiger partial charge is 0.416 e. The van der Waals surface area contributed by atoms with Gasteiger partial charge in [-0.15, -0.1) is 0 Å². The zero-order valence-electron chi connectivity index (χ0n) is 10.5. The van der Waals surface area contributed by atoms with E-state index in [2.05, 4.69) is 4.98 Å². The van der Waals surface area contributed by atoms with Crippen molar-refractivity contribution in [2.75, 3.05) is 0 Å². The molecule has 21 heavy (non-hydrogen) atoms. The average Bonchev–Trinajstić information content (AvgIpc) is 2.39. The van der Waals surface area contributed by atoms with Gasteiger partial charge < -0.3 is 5.11 Å². The van der Waals surface area contributed by atoms with Gasteiger partial charge in [-0.05, 0) is 23.8 Å². The van der Waals surface area contributed by atoms with Crippen LogP contribution in [0.2, 0.25) is 0 Å². The van der Waals surface area contributed by atoms with Crippen LogP contribution >= 0.6 is 0 Å². The quantitative estimate of drug-likeness (QED) is 0.882. The summed E-state index contributed by atoms with van der Waals surface area (Å²) in [7, 11) is 0. The zero-order valence-corrected chi connectivity index (χ0v) is 10.5. The Morgan fingerprint density at radius 3 is 2.57 bits per heavy atom. The number of hydrogen-bond acceptors (Lipinski definition) is 2. The van der Waals surface area contributed by atoms with Crippen LogP contribution in [-0.4, -0.2) is 16.1 Å². The summed E-state index contributed by atoms with van der Waals surface area (Å²) in [5, 5.41) is 8.78. The lowest BCUT2D eigenvalue weighted by Crippen LogP contribution is -2.07. The minimum Gasteiger partial charge on any atom is -0.481 e. The number of halogens is 4. The monoisotopic (exact) mass is 299 g/mol. The van der Waals surface area contributed by atoms with Gasteiger partial charge in [0.1, 0.15) is 5.82 Å². The Kier molecular flexibility index (Phi) is 3.93. The Balaban J connectivity index is 2.55. The molecule has 2 aromatic rings. The Morgan fingerprint density at radius 2 is 1.95 bits per heavy atom. The Bertz CT molecular complexity index is 683. The third kappa shape index (κ3) is 3.56. The molecule has 1 aromatic carbocycles. The van der Waals surface area contributed by atoms with Crippen LogP contribution in [0.3, 0.4) is 0 Å². The topological polar surface area (TPSA) is 50.2 Å². The number of benzene rings is 1. The summed E-state index contributed by atoms with van der Waals surface area (Å²) in [6, 6.07) is 5.21. The first-order valence-electron chi connectivity index (χ1n) is 5.81. The number of aliphatic carboxylic acids is 1. The molecule has 7 heteroatoms. The number of aromatic nitrogens is 1. The molecule has 1 aromatic heterocycles. The summed E-state index contributed by atoms with van der Waals surface area (Å²) in [4.78, 5) is 14.4. The molecule has 0 aliphatic heterocycles. The highest BCUT2D eigenvalue weighted by molar-refractivity contribution is 5.75. The van der Waals surface area contributed by atoms with Crippen LogP contribution in [0.15, 0.2) is 36.5 Å². The maximum Gasteiger partial charge on any atom is 0.416 e. The highest BCUT2D eigenvalue weighted by atomic mass is 19.4. The standard InChI is InChI=1S/C14H9F4NO2/c15-10-5-11(12(19-7-10)6-13(20)21)8-2-1-3-9(4-8)14(16,17)18/h1-5,7H,6H2,(H,20,21). The van der Waals surface area contributed by atoms with Gasteiger partial charge in [-0.2, -0.15) is 13.2 Å². The number of alkyl halides is 3. The average molecular weight is 299 g/mol. The molecule has 3 nitrogen and oxygen atoms in total. The van der Waals surface area contributed by atoms with E-state index in [1.165, 1.54) is 12.1 Å². The summed E-state index contributed by atoms with van der Waals surface area (Å²) in [5.41, 5.74) is -0.801. The second kappa shape index (κ2) is 5.51. The van der Waals surface area contributed by atoms with Crippen LogP contribution < -0.4 is 0 Å². The third-order valence-electron chi connectivity index (χ3n) is 2.76. The summed E-state index contributed by atoms with van der Waals surface area (Å²) in [6.45, 7) is 0. The van der Waals surface area contributed by atoms with Gasteiger partial charge >= 0.3 is 12.1 Å². The number of rotatable bonds is 3. The van der Waals surface area contributed by atoms with Crippen LogP contribution in [0.4, 0.5) is 17.6 Å². The second-order valence-corrected chi connectivity index (χ2v) is 4.30. The summed E-state index contributed by atoms with van der Waals surface area (Å²) >= 11 is 0. The summed E-state index contributed by atoms with van der Waals surface area (Å²) in [6.07, 6.45) is -4.22. The van der Waals surface area contributed by atoms with Crippen molar-refractivity contribution >= 4 is 5.97 Å². The Morgan fingerprint density at radius 1 is 1.24 bits per heavy atom. The zero-order chi connectivity index (χ0) is 15.6. The van der Waals surface area contributed by atoms with Crippen LogP contribution in [-0.2, 0) is 17.4 Å². The summed E-state index contributed by atoms with van der Waals surface area (Å²) in [5.74, 6) is -1.96. The minimum absolute atomic E-state index is 0.00299. The van der Waals surface area contributed by atoms with E-state index in [0.29, 0.717) is 0 Å². The number of carbonyl (C=O) groups is 1. The van der Waals surface area contributed by atoms with Crippen LogP contribution in [0.1, 0.15) is 11.3 Å². The fourth-order valence-corrected chi connectivity index (χ4v) is 1.86. The van der Waals surface area contributed by atoms with E-state index in [4.69, 9.17) is 5.11 Å². The predicted molar refractivity (Wildman–Crippen MR) is 66.0 cm³/mol. The molecule has 0 radical (unpaired) electrons. The van der Waals surface area contributed by atoms with Crippen molar-refractivity contribution in [1.82, 2.24) is 4.98 Å². The van der Waals surface area contributed by atoms with Crippen molar-refractivity contribution in [1.29, 1.82) is 0 Å². The van der Waals surface area contributed by atoms with E-state index in [-0.39, 0.29) is 16.8 Å². The van der Waals surface area contributed by atoms with Crippen molar-refractivity contribution in [3.63, 3.8) is 0 Å². The van der Waals surface area contributed by atoms with Crippen LogP contribution in [0.5, 0.6) is 0 Å². The molecule has 1 N–H and O–H groups in total. The van der Waals surface area contributed by atoms with Crippen molar-refractivity contribution in [2.24, 2.45) is 0 Å². The normalized spacial score (nSPS) is 11.4. The molecule has 0 atom stereocenters. The van der Waals surface area contributed by atoms with Crippen molar-refractivity contribution < 1.29 is 27.5 Å². The molecule has 0 amide bonds. The molecule has 110 valence electrons. The lowest BCUT2D eigenvalue weighted by atomic mass is 10.00. The molecule has 0 aliphatic carbocycles. The van der Waals surface area contributed by atoms with E-state index in [9.17, 15) is 22.4 Å². The van der Waals surface area contributed by atoms with Gasteiger partial charge in [0.05, 0.1) is 23.9 Å². The maximum absolute atomic E-state index is 13.3. The third-order valence-corrected chi connectivity index (χ3v) is 2.76. The van der Waals surface area contributed by atoms with Gasteiger partial charge in [0.25, 0.3) is 0 Å². The number of hydrogen-bond donors (Lipinski definition) is 1. The SMILES string of the molecule is O=C(O)Cc1ncc(F)cc1-c1cccc(C(F)(F)F)c1.